The Morgan fingerprint density at radius 3 is 2.64 bits per heavy atom. The summed E-state index contributed by atoms with van der Waals surface area (Å²) in [6.07, 6.45) is 0. The molecule has 1 aliphatic rings. The van der Waals surface area contributed by atoms with E-state index in [-0.39, 0.29) is 17.4 Å². The summed E-state index contributed by atoms with van der Waals surface area (Å²) in [6, 6.07) is 14.8. The third-order valence-corrected chi connectivity index (χ3v) is 3.31. The molecule has 0 radical (unpaired) electrons. The molecule has 3 rings (SSSR count). The first-order chi connectivity index (χ1) is 12.0. The van der Waals surface area contributed by atoms with Crippen LogP contribution in [-0.4, -0.2) is 18.2 Å². The van der Waals surface area contributed by atoms with Gasteiger partial charge in [-0.05, 0) is 24.3 Å². The fourth-order valence-corrected chi connectivity index (χ4v) is 2.21. The van der Waals surface area contributed by atoms with Gasteiger partial charge < -0.3 is 4.74 Å². The quantitative estimate of drug-likeness (QED) is 0.818. The number of anilines is 2. The van der Waals surface area contributed by atoms with Gasteiger partial charge in [0.15, 0.2) is 5.71 Å². The highest BCUT2D eigenvalue weighted by molar-refractivity contribution is 6.51. The van der Waals surface area contributed by atoms with Crippen molar-refractivity contribution in [3.63, 3.8) is 0 Å². The number of amides is 1. The molecule has 1 fully saturated rings. The first-order valence-electron chi connectivity index (χ1n) is 7.28. The average Bonchev–Trinajstić information content (AvgIpc) is 2.88. The van der Waals surface area contributed by atoms with Gasteiger partial charge in [0.2, 0.25) is 0 Å². The first kappa shape index (κ1) is 16.4. The Bertz CT molecular complexity index is 824. The Morgan fingerprint density at radius 1 is 1.16 bits per heavy atom. The lowest BCUT2D eigenvalue weighted by molar-refractivity contribution is -0.112. The zero-order chi connectivity index (χ0) is 17.8. The minimum atomic E-state index is -2.92. The molecule has 1 aliphatic heterocycles. The van der Waals surface area contributed by atoms with Crippen LogP contribution in [0.4, 0.5) is 20.2 Å². The second-order valence-electron chi connectivity index (χ2n) is 5.05. The number of para-hydroxylation sites is 1. The topological polar surface area (TPSA) is 66.0 Å². The van der Waals surface area contributed by atoms with Crippen molar-refractivity contribution in [1.82, 2.24) is 5.43 Å². The van der Waals surface area contributed by atoms with Crippen molar-refractivity contribution >= 4 is 23.0 Å². The van der Waals surface area contributed by atoms with E-state index in [9.17, 15) is 13.6 Å². The minimum Gasteiger partial charge on any atom is -0.435 e. The minimum absolute atomic E-state index is 0.0131. The maximum Gasteiger partial charge on any atom is 0.387 e. The molecule has 1 amide bonds. The highest BCUT2D eigenvalue weighted by Gasteiger charge is 2.32. The summed E-state index contributed by atoms with van der Waals surface area (Å²) in [5.74, 6) is -0.399. The number of alkyl halides is 2. The van der Waals surface area contributed by atoms with Crippen molar-refractivity contribution in [1.29, 1.82) is 0 Å². The van der Waals surface area contributed by atoms with E-state index in [1.807, 2.05) is 6.07 Å². The molecule has 6 nitrogen and oxygen atoms in total. The number of nitrogens with zero attached hydrogens (tertiary/aromatic N) is 2. The van der Waals surface area contributed by atoms with E-state index in [0.717, 1.165) is 0 Å². The smallest absolute Gasteiger partial charge is 0.387 e. The molecule has 8 heteroatoms. The molecule has 0 saturated carbocycles. The number of ether oxygens (including phenoxy) is 1. The highest BCUT2D eigenvalue weighted by Crippen LogP contribution is 2.21. The summed E-state index contributed by atoms with van der Waals surface area (Å²) in [4.78, 5) is 12.5. The van der Waals surface area contributed by atoms with Gasteiger partial charge in [0, 0.05) is 6.07 Å². The van der Waals surface area contributed by atoms with Gasteiger partial charge in [-0.1, -0.05) is 30.8 Å². The van der Waals surface area contributed by atoms with E-state index in [2.05, 4.69) is 27.3 Å². The molecular weight excluding hydrogens is 330 g/mol. The number of benzene rings is 2. The Hall–Kier alpha value is -3.42. The number of nitrogens with one attached hydrogen (secondary N) is 2. The van der Waals surface area contributed by atoms with Gasteiger partial charge in [0.25, 0.3) is 5.91 Å². The van der Waals surface area contributed by atoms with Crippen LogP contribution in [0.3, 0.4) is 0 Å². The van der Waals surface area contributed by atoms with Gasteiger partial charge in [-0.3, -0.25) is 15.6 Å². The number of hydrazine groups is 1. The van der Waals surface area contributed by atoms with Crippen LogP contribution in [-0.2, 0) is 4.79 Å². The normalized spacial score (nSPS) is 15.6. The third-order valence-electron chi connectivity index (χ3n) is 3.31. The number of rotatable bonds is 5. The van der Waals surface area contributed by atoms with Gasteiger partial charge in [0.05, 0.1) is 17.1 Å². The molecule has 0 bridgehead atoms. The van der Waals surface area contributed by atoms with Crippen molar-refractivity contribution in [3.05, 3.63) is 66.9 Å². The molecule has 0 aliphatic carbocycles. The fraction of sp³-hybridized carbons (Fsp3) is 0.0588. The number of hydrazone groups is 1. The molecule has 0 atom stereocenters. The Morgan fingerprint density at radius 2 is 1.92 bits per heavy atom. The number of carbonyl (C=O) groups excluding carboxylic acids is 1. The number of hydrogen-bond acceptors (Lipinski definition) is 5. The lowest BCUT2D eigenvalue weighted by Crippen LogP contribution is -2.34. The fourth-order valence-electron chi connectivity index (χ4n) is 2.21. The largest absolute Gasteiger partial charge is 0.435 e. The van der Waals surface area contributed by atoms with E-state index in [4.69, 9.17) is 0 Å². The molecule has 0 unspecified atom stereocenters. The van der Waals surface area contributed by atoms with Crippen molar-refractivity contribution in [3.8, 4) is 5.75 Å². The SMILES string of the molecule is C=C1NN(c2ccccc2)C(=O)/C1=N/Nc1cccc(OC(F)F)c1. The maximum absolute atomic E-state index is 12.5. The van der Waals surface area contributed by atoms with Gasteiger partial charge in [-0.2, -0.15) is 13.9 Å². The summed E-state index contributed by atoms with van der Waals surface area (Å²) in [6.45, 7) is 0.847. The Kier molecular flexibility index (Phi) is 4.60. The van der Waals surface area contributed by atoms with Crippen molar-refractivity contribution < 1.29 is 18.3 Å². The molecule has 0 spiro atoms. The zero-order valence-electron chi connectivity index (χ0n) is 12.9. The van der Waals surface area contributed by atoms with Crippen LogP contribution in [0, 0.1) is 0 Å². The highest BCUT2D eigenvalue weighted by atomic mass is 19.3. The molecule has 128 valence electrons. The van der Waals surface area contributed by atoms with Crippen molar-refractivity contribution in [2.75, 3.05) is 10.4 Å². The van der Waals surface area contributed by atoms with Crippen LogP contribution in [0.15, 0.2) is 72.0 Å². The van der Waals surface area contributed by atoms with Crippen LogP contribution in [0.5, 0.6) is 5.75 Å². The standard InChI is InChI=1S/C17H14F2N4O2/c1-11-15(16(24)23(22-11)13-7-3-2-4-8-13)21-20-12-6-5-9-14(10-12)25-17(18)19/h2-10,17,20,22H,1H2/b21-15+. The molecule has 1 heterocycles. The second kappa shape index (κ2) is 7.00. The summed E-state index contributed by atoms with van der Waals surface area (Å²) in [5, 5.41) is 5.34. The lowest BCUT2D eigenvalue weighted by Gasteiger charge is -2.14. The second-order valence-corrected chi connectivity index (χ2v) is 5.05. The number of carbonyl (C=O) groups is 1. The molecule has 2 N–H and O–H groups in total. The van der Waals surface area contributed by atoms with Gasteiger partial charge in [-0.15, -0.1) is 0 Å². The number of hydrogen-bond donors (Lipinski definition) is 2. The van der Waals surface area contributed by atoms with Crippen LogP contribution in [0.1, 0.15) is 0 Å². The van der Waals surface area contributed by atoms with Crippen LogP contribution in [0.25, 0.3) is 0 Å². The third kappa shape index (κ3) is 3.74. The molecule has 1 saturated heterocycles. The van der Waals surface area contributed by atoms with E-state index in [0.29, 0.717) is 17.1 Å². The van der Waals surface area contributed by atoms with Gasteiger partial charge in [0.1, 0.15) is 5.75 Å². The Labute approximate surface area is 142 Å². The molecule has 2 aromatic rings. The van der Waals surface area contributed by atoms with E-state index in [1.54, 1.807) is 30.3 Å². The maximum atomic E-state index is 12.5. The predicted octanol–water partition coefficient (Wildman–Crippen LogP) is 3.12. The molecule has 25 heavy (non-hydrogen) atoms. The van der Waals surface area contributed by atoms with Crippen LogP contribution < -0.4 is 20.6 Å². The summed E-state index contributed by atoms with van der Waals surface area (Å²) < 4.78 is 28.8. The molecular formula is C17H14F2N4O2. The average molecular weight is 344 g/mol. The zero-order valence-corrected chi connectivity index (χ0v) is 12.9. The van der Waals surface area contributed by atoms with Crippen LogP contribution in [0.2, 0.25) is 0 Å². The summed E-state index contributed by atoms with van der Waals surface area (Å²) in [5.41, 5.74) is 6.93. The lowest BCUT2D eigenvalue weighted by atomic mass is 10.3. The summed E-state index contributed by atoms with van der Waals surface area (Å²) in [7, 11) is 0. The summed E-state index contributed by atoms with van der Waals surface area (Å²) >= 11 is 0. The van der Waals surface area contributed by atoms with Crippen molar-refractivity contribution in [2.45, 2.75) is 6.61 Å². The van der Waals surface area contributed by atoms with Crippen molar-refractivity contribution in [2.24, 2.45) is 5.10 Å². The van der Waals surface area contributed by atoms with Gasteiger partial charge in [-0.25, -0.2) is 5.01 Å². The monoisotopic (exact) mass is 344 g/mol. The van der Waals surface area contributed by atoms with E-state index >= 15 is 0 Å². The first-order valence-corrected chi connectivity index (χ1v) is 7.28. The van der Waals surface area contributed by atoms with Crippen LogP contribution >= 0.6 is 0 Å². The number of halogens is 2. The molecule has 2 aromatic carbocycles. The van der Waals surface area contributed by atoms with Gasteiger partial charge >= 0.3 is 6.61 Å². The Balaban J connectivity index is 1.75. The van der Waals surface area contributed by atoms with E-state index < -0.39 is 6.61 Å². The molecule has 0 aromatic heterocycles. The predicted molar refractivity (Wildman–Crippen MR) is 90.3 cm³/mol. The van der Waals surface area contributed by atoms with E-state index in [1.165, 1.54) is 23.2 Å².